The Kier molecular flexibility index (Phi) is 5.00. The molecule has 0 saturated carbocycles. The second-order valence-corrected chi connectivity index (χ2v) is 4.52. The lowest BCUT2D eigenvalue weighted by atomic mass is 10.1. The molecule has 116 valence electrons. The molecule has 0 heterocycles. The minimum atomic E-state index is -1.32. The van der Waals surface area contributed by atoms with Crippen LogP contribution in [0.1, 0.15) is 11.7 Å². The molecule has 0 bridgehead atoms. The van der Waals surface area contributed by atoms with Crippen LogP contribution in [0.3, 0.4) is 0 Å². The molecule has 0 radical (unpaired) electrons. The molecule has 0 fully saturated rings. The zero-order chi connectivity index (χ0) is 16.1. The van der Waals surface area contributed by atoms with Gasteiger partial charge in [0.1, 0.15) is 17.5 Å². The summed E-state index contributed by atoms with van der Waals surface area (Å²) in [4.78, 5) is 11.6. The molecule has 3 N–H and O–H groups in total. The lowest BCUT2D eigenvalue weighted by molar-refractivity contribution is 0.170. The van der Waals surface area contributed by atoms with E-state index in [1.54, 1.807) is 0 Å². The molecule has 7 heteroatoms. The minimum Gasteiger partial charge on any atom is -0.386 e. The molecule has 2 aromatic carbocycles. The zero-order valence-corrected chi connectivity index (χ0v) is 11.3. The molecule has 0 aliphatic carbocycles. The maximum absolute atomic E-state index is 13.4. The van der Waals surface area contributed by atoms with Gasteiger partial charge in [-0.1, -0.05) is 6.07 Å². The molecule has 2 amide bonds. The number of rotatable bonds is 4. The van der Waals surface area contributed by atoms with E-state index in [4.69, 9.17) is 0 Å². The normalized spacial score (nSPS) is 11.8. The number of hydrogen-bond donors (Lipinski definition) is 3. The summed E-state index contributed by atoms with van der Waals surface area (Å²) in [7, 11) is 0. The number of aliphatic hydroxyl groups excluding tert-OH is 1. The summed E-state index contributed by atoms with van der Waals surface area (Å²) in [5.74, 6) is -2.09. The van der Waals surface area contributed by atoms with Gasteiger partial charge in [0.2, 0.25) is 0 Å². The van der Waals surface area contributed by atoms with E-state index in [1.165, 1.54) is 24.3 Å². The summed E-state index contributed by atoms with van der Waals surface area (Å²) < 4.78 is 38.9. The van der Waals surface area contributed by atoms with Gasteiger partial charge in [0.25, 0.3) is 0 Å². The van der Waals surface area contributed by atoms with E-state index < -0.39 is 29.6 Å². The van der Waals surface area contributed by atoms with Crippen molar-refractivity contribution < 1.29 is 23.1 Å². The van der Waals surface area contributed by atoms with Crippen molar-refractivity contribution in [3.8, 4) is 0 Å². The number of carbonyl (C=O) groups excluding carboxylic acids is 1. The molecule has 4 nitrogen and oxygen atoms in total. The van der Waals surface area contributed by atoms with Gasteiger partial charge in [0, 0.05) is 23.9 Å². The molecule has 22 heavy (non-hydrogen) atoms. The van der Waals surface area contributed by atoms with Gasteiger partial charge in [-0.05, 0) is 30.3 Å². The zero-order valence-electron chi connectivity index (χ0n) is 11.3. The molecule has 0 aliphatic rings. The number of halogens is 3. The van der Waals surface area contributed by atoms with E-state index in [0.717, 1.165) is 12.1 Å². The smallest absolute Gasteiger partial charge is 0.319 e. The van der Waals surface area contributed by atoms with Gasteiger partial charge in [0.05, 0.1) is 6.10 Å². The average molecular weight is 310 g/mol. The summed E-state index contributed by atoms with van der Waals surface area (Å²) in [6, 6.07) is 7.21. The first-order valence-electron chi connectivity index (χ1n) is 6.39. The standard InChI is InChI=1S/C15H13F3N2O2/c16-9-1-4-11(5-2-9)20-15(22)19-8-14(21)12-6-3-10(17)7-13(12)18/h1-7,14,21H,8H2,(H2,19,20,22)/t14-/m0/s1. The Bertz CT molecular complexity index is 662. The third-order valence-electron chi connectivity index (χ3n) is 2.88. The van der Waals surface area contributed by atoms with Crippen molar-refractivity contribution in [2.45, 2.75) is 6.10 Å². The van der Waals surface area contributed by atoms with Crippen molar-refractivity contribution in [1.82, 2.24) is 5.32 Å². The Morgan fingerprint density at radius 3 is 2.32 bits per heavy atom. The quantitative estimate of drug-likeness (QED) is 0.813. The molecule has 0 aliphatic heterocycles. The molecular formula is C15H13F3N2O2. The number of aliphatic hydroxyl groups is 1. The van der Waals surface area contributed by atoms with Gasteiger partial charge < -0.3 is 15.7 Å². The van der Waals surface area contributed by atoms with Gasteiger partial charge in [-0.15, -0.1) is 0 Å². The van der Waals surface area contributed by atoms with Crippen LogP contribution in [0.15, 0.2) is 42.5 Å². The Hall–Kier alpha value is -2.54. The second-order valence-electron chi connectivity index (χ2n) is 4.52. The fourth-order valence-corrected chi connectivity index (χ4v) is 1.78. The maximum Gasteiger partial charge on any atom is 0.319 e. The summed E-state index contributed by atoms with van der Waals surface area (Å²) in [5, 5.41) is 14.5. The van der Waals surface area contributed by atoms with Crippen molar-refractivity contribution in [3.05, 3.63) is 65.5 Å². The van der Waals surface area contributed by atoms with Crippen LogP contribution in [0.2, 0.25) is 0 Å². The van der Waals surface area contributed by atoms with E-state index in [-0.39, 0.29) is 12.1 Å². The van der Waals surface area contributed by atoms with Crippen molar-refractivity contribution in [1.29, 1.82) is 0 Å². The Labute approximate surface area is 124 Å². The van der Waals surface area contributed by atoms with Crippen molar-refractivity contribution in [2.24, 2.45) is 0 Å². The van der Waals surface area contributed by atoms with Crippen LogP contribution in [0.25, 0.3) is 0 Å². The number of carbonyl (C=O) groups is 1. The number of urea groups is 1. The average Bonchev–Trinajstić information content (AvgIpc) is 2.47. The van der Waals surface area contributed by atoms with Gasteiger partial charge in [-0.25, -0.2) is 18.0 Å². The third-order valence-corrected chi connectivity index (χ3v) is 2.88. The first-order chi connectivity index (χ1) is 10.5. The highest BCUT2D eigenvalue weighted by atomic mass is 19.1. The van der Waals surface area contributed by atoms with Crippen LogP contribution in [0, 0.1) is 17.5 Å². The Morgan fingerprint density at radius 2 is 1.68 bits per heavy atom. The molecule has 2 aromatic rings. The van der Waals surface area contributed by atoms with E-state index in [1.807, 2.05) is 0 Å². The lowest BCUT2D eigenvalue weighted by Gasteiger charge is -2.13. The highest BCUT2D eigenvalue weighted by molar-refractivity contribution is 5.89. The minimum absolute atomic E-state index is 0.122. The number of hydrogen-bond acceptors (Lipinski definition) is 2. The third kappa shape index (κ3) is 4.23. The van der Waals surface area contributed by atoms with Crippen LogP contribution < -0.4 is 10.6 Å². The number of amides is 2. The van der Waals surface area contributed by atoms with Gasteiger partial charge in [-0.2, -0.15) is 0 Å². The fraction of sp³-hybridized carbons (Fsp3) is 0.133. The van der Waals surface area contributed by atoms with E-state index in [2.05, 4.69) is 10.6 Å². The number of benzene rings is 2. The van der Waals surface area contributed by atoms with E-state index >= 15 is 0 Å². The Balaban J connectivity index is 1.88. The van der Waals surface area contributed by atoms with E-state index in [0.29, 0.717) is 11.8 Å². The highest BCUT2D eigenvalue weighted by Crippen LogP contribution is 2.17. The first-order valence-corrected chi connectivity index (χ1v) is 6.39. The Morgan fingerprint density at radius 1 is 1.05 bits per heavy atom. The highest BCUT2D eigenvalue weighted by Gasteiger charge is 2.14. The first kappa shape index (κ1) is 15.8. The van der Waals surface area contributed by atoms with Crippen LogP contribution >= 0.6 is 0 Å². The maximum atomic E-state index is 13.4. The summed E-state index contributed by atoms with van der Waals surface area (Å²) in [6.45, 7) is -0.268. The van der Waals surface area contributed by atoms with Crippen LogP contribution in [-0.4, -0.2) is 17.7 Å². The molecule has 0 unspecified atom stereocenters. The molecule has 2 rings (SSSR count). The summed E-state index contributed by atoms with van der Waals surface area (Å²) in [5.41, 5.74) is 0.241. The van der Waals surface area contributed by atoms with Crippen LogP contribution in [-0.2, 0) is 0 Å². The van der Waals surface area contributed by atoms with Crippen molar-refractivity contribution >= 4 is 11.7 Å². The van der Waals surface area contributed by atoms with Crippen LogP contribution in [0.4, 0.5) is 23.7 Å². The predicted molar refractivity (Wildman–Crippen MR) is 74.7 cm³/mol. The number of anilines is 1. The predicted octanol–water partition coefficient (Wildman–Crippen LogP) is 2.96. The van der Waals surface area contributed by atoms with Crippen molar-refractivity contribution in [3.63, 3.8) is 0 Å². The van der Waals surface area contributed by atoms with E-state index in [9.17, 15) is 23.1 Å². The fourth-order valence-electron chi connectivity index (χ4n) is 1.78. The van der Waals surface area contributed by atoms with Gasteiger partial charge >= 0.3 is 6.03 Å². The lowest BCUT2D eigenvalue weighted by Crippen LogP contribution is -2.32. The summed E-state index contributed by atoms with van der Waals surface area (Å²) in [6.07, 6.45) is -1.32. The molecular weight excluding hydrogens is 297 g/mol. The van der Waals surface area contributed by atoms with Gasteiger partial charge in [0.15, 0.2) is 0 Å². The summed E-state index contributed by atoms with van der Waals surface area (Å²) >= 11 is 0. The molecule has 0 spiro atoms. The largest absolute Gasteiger partial charge is 0.386 e. The van der Waals surface area contributed by atoms with Crippen LogP contribution in [0.5, 0.6) is 0 Å². The molecule has 1 atom stereocenters. The van der Waals surface area contributed by atoms with Gasteiger partial charge in [-0.3, -0.25) is 0 Å². The van der Waals surface area contributed by atoms with Crippen molar-refractivity contribution in [2.75, 3.05) is 11.9 Å². The SMILES string of the molecule is O=C(NC[C@H](O)c1ccc(F)cc1F)Nc1ccc(F)cc1. The second kappa shape index (κ2) is 6.95. The monoisotopic (exact) mass is 310 g/mol. The molecule has 0 saturated heterocycles. The number of nitrogens with one attached hydrogen (secondary N) is 2. The topological polar surface area (TPSA) is 61.4 Å². The molecule has 0 aromatic heterocycles.